The summed E-state index contributed by atoms with van der Waals surface area (Å²) >= 11 is 3.55. The molecular weight excluding hydrogens is 326 g/mol. The van der Waals surface area contributed by atoms with Gasteiger partial charge in [-0.1, -0.05) is 41.9 Å². The van der Waals surface area contributed by atoms with Crippen molar-refractivity contribution < 1.29 is 4.74 Å². The van der Waals surface area contributed by atoms with Crippen molar-refractivity contribution in [2.75, 3.05) is 19.8 Å². The number of ether oxygens (including phenoxy) is 1. The third kappa shape index (κ3) is 3.20. The molecule has 21 heavy (non-hydrogen) atoms. The molecule has 116 valence electrons. The molecule has 0 atom stereocenters. The maximum atomic E-state index is 5.57. The lowest BCUT2D eigenvalue weighted by molar-refractivity contribution is -0.0741. The standard InChI is InChI=1S/C18H26BrNO/c1-14(2)20-13-18(15-3-5-16(19)6-4-15)11-17(12-18)7-9-21-10-8-17/h3-6,14,20H,7-13H2,1-2H3. The summed E-state index contributed by atoms with van der Waals surface area (Å²) < 4.78 is 6.73. The molecule has 1 N–H and O–H groups in total. The first-order chi connectivity index (χ1) is 10.0. The van der Waals surface area contributed by atoms with Crippen LogP contribution in [0.15, 0.2) is 28.7 Å². The molecule has 0 bridgehead atoms. The van der Waals surface area contributed by atoms with Crippen LogP contribution in [0.5, 0.6) is 0 Å². The molecule has 2 nitrogen and oxygen atoms in total. The Balaban J connectivity index is 1.78. The largest absolute Gasteiger partial charge is 0.381 e. The van der Waals surface area contributed by atoms with E-state index in [0.29, 0.717) is 16.9 Å². The Hall–Kier alpha value is -0.380. The van der Waals surface area contributed by atoms with Crippen LogP contribution in [0, 0.1) is 5.41 Å². The molecule has 1 spiro atoms. The zero-order valence-corrected chi connectivity index (χ0v) is 14.7. The van der Waals surface area contributed by atoms with Crippen molar-refractivity contribution in [1.82, 2.24) is 5.32 Å². The van der Waals surface area contributed by atoms with Gasteiger partial charge in [-0.05, 0) is 48.8 Å². The van der Waals surface area contributed by atoms with E-state index in [4.69, 9.17) is 4.74 Å². The van der Waals surface area contributed by atoms with Crippen molar-refractivity contribution in [1.29, 1.82) is 0 Å². The minimum atomic E-state index is 0.322. The summed E-state index contributed by atoms with van der Waals surface area (Å²) in [7, 11) is 0. The molecule has 1 saturated heterocycles. The molecule has 3 rings (SSSR count). The minimum Gasteiger partial charge on any atom is -0.381 e. The molecule has 0 amide bonds. The Labute approximate surface area is 136 Å². The van der Waals surface area contributed by atoms with Crippen LogP contribution in [0.3, 0.4) is 0 Å². The van der Waals surface area contributed by atoms with Gasteiger partial charge >= 0.3 is 0 Å². The van der Waals surface area contributed by atoms with Crippen molar-refractivity contribution in [2.45, 2.75) is 51.0 Å². The molecule has 1 aliphatic heterocycles. The fraction of sp³-hybridized carbons (Fsp3) is 0.667. The van der Waals surface area contributed by atoms with E-state index in [1.807, 2.05) is 0 Å². The molecule has 1 aliphatic carbocycles. The number of hydrogen-bond donors (Lipinski definition) is 1. The van der Waals surface area contributed by atoms with E-state index in [-0.39, 0.29) is 0 Å². The maximum Gasteiger partial charge on any atom is 0.0471 e. The third-order valence-corrected chi connectivity index (χ3v) is 5.81. The van der Waals surface area contributed by atoms with Crippen LogP contribution in [-0.4, -0.2) is 25.8 Å². The second-order valence-corrected chi connectivity index (χ2v) is 8.20. The molecule has 1 heterocycles. The van der Waals surface area contributed by atoms with Crippen LogP contribution in [0.25, 0.3) is 0 Å². The number of nitrogens with one attached hydrogen (secondary N) is 1. The Morgan fingerprint density at radius 2 is 1.76 bits per heavy atom. The fourth-order valence-electron chi connectivity index (χ4n) is 4.18. The third-order valence-electron chi connectivity index (χ3n) is 5.29. The smallest absolute Gasteiger partial charge is 0.0471 e. The molecule has 0 radical (unpaired) electrons. The topological polar surface area (TPSA) is 21.3 Å². The summed E-state index contributed by atoms with van der Waals surface area (Å²) in [5, 5.41) is 3.68. The highest BCUT2D eigenvalue weighted by Crippen LogP contribution is 2.60. The van der Waals surface area contributed by atoms with Gasteiger partial charge in [0.15, 0.2) is 0 Å². The first kappa shape index (κ1) is 15.5. The fourth-order valence-corrected chi connectivity index (χ4v) is 4.44. The summed E-state index contributed by atoms with van der Waals surface area (Å²) in [4.78, 5) is 0. The maximum absolute atomic E-state index is 5.57. The van der Waals surface area contributed by atoms with E-state index >= 15 is 0 Å². The SMILES string of the molecule is CC(C)NCC1(c2ccc(Br)cc2)CC2(CCOCC2)C1. The van der Waals surface area contributed by atoms with Gasteiger partial charge in [-0.2, -0.15) is 0 Å². The molecule has 2 aliphatic rings. The van der Waals surface area contributed by atoms with Crippen LogP contribution in [0.1, 0.15) is 45.1 Å². The van der Waals surface area contributed by atoms with Crippen molar-refractivity contribution in [3.63, 3.8) is 0 Å². The second kappa shape index (κ2) is 6.02. The summed E-state index contributed by atoms with van der Waals surface area (Å²) in [6, 6.07) is 9.52. The van der Waals surface area contributed by atoms with E-state index in [0.717, 1.165) is 19.8 Å². The zero-order valence-electron chi connectivity index (χ0n) is 13.1. The van der Waals surface area contributed by atoms with Crippen molar-refractivity contribution in [3.05, 3.63) is 34.3 Å². The highest BCUT2D eigenvalue weighted by Gasteiger charge is 2.54. The van der Waals surface area contributed by atoms with Gasteiger partial charge in [0, 0.05) is 35.7 Å². The zero-order chi connectivity index (χ0) is 14.9. The second-order valence-electron chi connectivity index (χ2n) is 7.29. The quantitative estimate of drug-likeness (QED) is 0.874. The first-order valence-corrected chi connectivity index (χ1v) is 8.90. The Bertz CT molecular complexity index is 468. The van der Waals surface area contributed by atoms with Gasteiger partial charge < -0.3 is 10.1 Å². The summed E-state index contributed by atoms with van der Waals surface area (Å²) in [5.74, 6) is 0. The summed E-state index contributed by atoms with van der Waals surface area (Å²) in [6.07, 6.45) is 5.11. The van der Waals surface area contributed by atoms with Crippen LogP contribution in [0.2, 0.25) is 0 Å². The van der Waals surface area contributed by atoms with Gasteiger partial charge in [-0.15, -0.1) is 0 Å². The average Bonchev–Trinajstić information content (AvgIpc) is 2.44. The van der Waals surface area contributed by atoms with Crippen molar-refractivity contribution in [3.8, 4) is 0 Å². The molecular formula is C18H26BrNO. The summed E-state index contributed by atoms with van der Waals surface area (Å²) in [5.41, 5.74) is 2.36. The normalized spacial score (nSPS) is 23.2. The van der Waals surface area contributed by atoms with E-state index in [1.54, 1.807) is 0 Å². The Morgan fingerprint density at radius 3 is 2.33 bits per heavy atom. The van der Waals surface area contributed by atoms with Gasteiger partial charge in [0.2, 0.25) is 0 Å². The van der Waals surface area contributed by atoms with Gasteiger partial charge in [-0.25, -0.2) is 0 Å². The van der Waals surface area contributed by atoms with Gasteiger partial charge in [-0.3, -0.25) is 0 Å². The number of rotatable bonds is 4. The predicted molar refractivity (Wildman–Crippen MR) is 90.7 cm³/mol. The van der Waals surface area contributed by atoms with Gasteiger partial charge in [0.25, 0.3) is 0 Å². The molecule has 0 aromatic heterocycles. The van der Waals surface area contributed by atoms with Crippen LogP contribution in [-0.2, 0) is 10.2 Å². The Morgan fingerprint density at radius 1 is 1.14 bits per heavy atom. The highest BCUT2D eigenvalue weighted by molar-refractivity contribution is 9.10. The number of halogens is 1. The molecule has 1 saturated carbocycles. The minimum absolute atomic E-state index is 0.322. The van der Waals surface area contributed by atoms with Crippen molar-refractivity contribution in [2.24, 2.45) is 5.41 Å². The lowest BCUT2D eigenvalue weighted by atomic mass is 9.48. The van der Waals surface area contributed by atoms with E-state index in [9.17, 15) is 0 Å². The summed E-state index contributed by atoms with van der Waals surface area (Å²) in [6.45, 7) is 7.47. The van der Waals surface area contributed by atoms with Gasteiger partial charge in [0.1, 0.15) is 0 Å². The van der Waals surface area contributed by atoms with E-state index in [2.05, 4.69) is 59.4 Å². The molecule has 3 heteroatoms. The first-order valence-electron chi connectivity index (χ1n) is 8.11. The molecule has 2 fully saturated rings. The van der Waals surface area contributed by atoms with Crippen LogP contribution in [0.4, 0.5) is 0 Å². The number of hydrogen-bond acceptors (Lipinski definition) is 2. The average molecular weight is 352 g/mol. The highest BCUT2D eigenvalue weighted by atomic mass is 79.9. The Kier molecular flexibility index (Phi) is 4.45. The van der Waals surface area contributed by atoms with Crippen LogP contribution < -0.4 is 5.32 Å². The monoisotopic (exact) mass is 351 g/mol. The van der Waals surface area contributed by atoms with E-state index in [1.165, 1.54) is 35.7 Å². The van der Waals surface area contributed by atoms with Gasteiger partial charge in [0.05, 0.1) is 0 Å². The lowest BCUT2D eigenvalue weighted by Crippen LogP contribution is -2.57. The molecule has 1 aromatic carbocycles. The molecule has 1 aromatic rings. The number of benzene rings is 1. The predicted octanol–water partition coefficient (Wildman–Crippen LogP) is 4.28. The molecule has 0 unspecified atom stereocenters. The van der Waals surface area contributed by atoms with Crippen LogP contribution >= 0.6 is 15.9 Å². The van der Waals surface area contributed by atoms with E-state index < -0.39 is 0 Å². The lowest BCUT2D eigenvalue weighted by Gasteiger charge is -2.59. The van der Waals surface area contributed by atoms with Crippen molar-refractivity contribution >= 4 is 15.9 Å².